The number of hydrogen-bond acceptors (Lipinski definition) is 5. The fraction of sp³-hybridized carbons (Fsp3) is 0.357. The van der Waals surface area contributed by atoms with Gasteiger partial charge in [0.05, 0.1) is 10.3 Å². The van der Waals surface area contributed by atoms with Crippen LogP contribution in [0.15, 0.2) is 24.4 Å². The molecule has 1 fully saturated rings. The van der Waals surface area contributed by atoms with Crippen LogP contribution >= 0.6 is 11.8 Å². The van der Waals surface area contributed by atoms with Crippen molar-refractivity contribution in [3.63, 3.8) is 0 Å². The Balaban J connectivity index is 2.09. The van der Waals surface area contributed by atoms with E-state index in [1.54, 1.807) is 12.3 Å². The van der Waals surface area contributed by atoms with E-state index in [9.17, 15) is 10.1 Å². The molecule has 1 aromatic carbocycles. The van der Waals surface area contributed by atoms with E-state index in [-0.39, 0.29) is 10.6 Å². The number of benzene rings is 1. The van der Waals surface area contributed by atoms with E-state index in [1.807, 2.05) is 30.8 Å². The minimum Gasteiger partial charge on any atom is -0.381 e. The number of nitro groups is 1. The molecular formula is C14H15N3O2S. The molecule has 20 heavy (non-hydrogen) atoms. The van der Waals surface area contributed by atoms with Crippen molar-refractivity contribution < 1.29 is 4.92 Å². The first kappa shape index (κ1) is 13.2. The number of nitrogens with one attached hydrogen (secondary N) is 1. The molecule has 6 heteroatoms. The molecule has 2 aromatic rings. The third-order valence-corrected chi connectivity index (χ3v) is 4.66. The van der Waals surface area contributed by atoms with Crippen LogP contribution in [0, 0.1) is 17.0 Å². The zero-order valence-corrected chi connectivity index (χ0v) is 11.9. The van der Waals surface area contributed by atoms with Crippen LogP contribution in [0.1, 0.15) is 12.1 Å². The van der Waals surface area contributed by atoms with Crippen LogP contribution in [-0.2, 0) is 0 Å². The minimum atomic E-state index is -0.353. The molecule has 0 amide bonds. The maximum atomic E-state index is 11.1. The van der Waals surface area contributed by atoms with E-state index in [0.717, 1.165) is 28.9 Å². The maximum Gasteiger partial charge on any atom is 0.278 e. The summed E-state index contributed by atoms with van der Waals surface area (Å²) < 4.78 is 0. The number of aromatic nitrogens is 1. The lowest BCUT2D eigenvalue weighted by molar-refractivity contribution is -0.383. The molecule has 0 bridgehead atoms. The van der Waals surface area contributed by atoms with Gasteiger partial charge < -0.3 is 5.32 Å². The number of rotatable bonds is 3. The molecule has 3 rings (SSSR count). The lowest BCUT2D eigenvalue weighted by Crippen LogP contribution is -2.18. The Hall–Kier alpha value is -1.82. The number of nitro benzene ring substituents is 1. The Labute approximate surface area is 120 Å². The normalized spacial score (nSPS) is 18.4. The molecule has 1 aromatic heterocycles. The SMILES string of the molecule is Cc1cc2c(NC3CCSC3)ccc([N+](=O)[O-])c2cn1. The predicted molar refractivity (Wildman–Crippen MR) is 82.5 cm³/mol. The second kappa shape index (κ2) is 5.28. The number of aryl methyl sites for hydroxylation is 1. The van der Waals surface area contributed by atoms with Gasteiger partial charge in [-0.2, -0.15) is 11.8 Å². The van der Waals surface area contributed by atoms with Gasteiger partial charge in [-0.05, 0) is 31.2 Å². The lowest BCUT2D eigenvalue weighted by atomic mass is 10.1. The summed E-state index contributed by atoms with van der Waals surface area (Å²) in [5.74, 6) is 2.26. The number of non-ortho nitro benzene ring substituents is 1. The first-order chi connectivity index (χ1) is 9.65. The van der Waals surface area contributed by atoms with Crippen LogP contribution in [0.5, 0.6) is 0 Å². The molecular weight excluding hydrogens is 274 g/mol. The molecule has 0 saturated carbocycles. The summed E-state index contributed by atoms with van der Waals surface area (Å²) in [5, 5.41) is 16.1. The van der Waals surface area contributed by atoms with Gasteiger partial charge in [0.1, 0.15) is 0 Å². The van der Waals surface area contributed by atoms with Crippen molar-refractivity contribution in [1.29, 1.82) is 0 Å². The quantitative estimate of drug-likeness (QED) is 0.693. The van der Waals surface area contributed by atoms with E-state index in [2.05, 4.69) is 10.3 Å². The summed E-state index contributed by atoms with van der Waals surface area (Å²) in [5.41, 5.74) is 1.93. The molecule has 5 nitrogen and oxygen atoms in total. The standard InChI is InChI=1S/C14H15N3O2S/c1-9-6-11-12(7-15-9)14(17(18)19)3-2-13(11)16-10-4-5-20-8-10/h2-3,6-7,10,16H,4-5,8H2,1H3. The Morgan fingerprint density at radius 2 is 2.30 bits per heavy atom. The molecule has 1 unspecified atom stereocenters. The van der Waals surface area contributed by atoms with Crippen molar-refractivity contribution in [2.45, 2.75) is 19.4 Å². The number of fused-ring (bicyclic) bond motifs is 1. The Morgan fingerprint density at radius 3 is 3.00 bits per heavy atom. The Morgan fingerprint density at radius 1 is 1.45 bits per heavy atom. The smallest absolute Gasteiger partial charge is 0.278 e. The van der Waals surface area contributed by atoms with E-state index < -0.39 is 0 Å². The summed E-state index contributed by atoms with van der Waals surface area (Å²) in [6.07, 6.45) is 2.73. The first-order valence-electron chi connectivity index (χ1n) is 6.53. The lowest BCUT2D eigenvalue weighted by Gasteiger charge is -2.15. The third-order valence-electron chi connectivity index (χ3n) is 3.50. The van der Waals surface area contributed by atoms with Crippen LogP contribution in [0.25, 0.3) is 10.8 Å². The van der Waals surface area contributed by atoms with Gasteiger partial charge in [0.2, 0.25) is 0 Å². The van der Waals surface area contributed by atoms with E-state index in [1.165, 1.54) is 5.75 Å². The van der Waals surface area contributed by atoms with Crippen LogP contribution in [0.2, 0.25) is 0 Å². The zero-order chi connectivity index (χ0) is 14.1. The second-order valence-corrected chi connectivity index (χ2v) is 6.12. The van der Waals surface area contributed by atoms with Gasteiger partial charge in [0.25, 0.3) is 5.69 Å². The third kappa shape index (κ3) is 2.43. The van der Waals surface area contributed by atoms with Crippen molar-refractivity contribution in [3.8, 4) is 0 Å². The summed E-state index contributed by atoms with van der Waals surface area (Å²) in [7, 11) is 0. The largest absolute Gasteiger partial charge is 0.381 e. The highest BCUT2D eigenvalue weighted by Gasteiger charge is 2.19. The predicted octanol–water partition coefficient (Wildman–Crippen LogP) is 3.37. The van der Waals surface area contributed by atoms with Gasteiger partial charge in [-0.3, -0.25) is 15.1 Å². The highest BCUT2D eigenvalue weighted by atomic mass is 32.2. The molecule has 1 aliphatic heterocycles. The van der Waals surface area contributed by atoms with Crippen molar-refractivity contribution in [3.05, 3.63) is 40.2 Å². The zero-order valence-electron chi connectivity index (χ0n) is 11.1. The van der Waals surface area contributed by atoms with Gasteiger partial charge in [0, 0.05) is 40.8 Å². The number of nitrogens with zero attached hydrogens (tertiary/aromatic N) is 2. The summed E-state index contributed by atoms with van der Waals surface area (Å²) in [6.45, 7) is 1.90. The maximum absolute atomic E-state index is 11.1. The molecule has 1 saturated heterocycles. The Kier molecular flexibility index (Phi) is 3.48. The van der Waals surface area contributed by atoms with Crippen molar-refractivity contribution in [2.75, 3.05) is 16.8 Å². The number of hydrogen-bond donors (Lipinski definition) is 1. The fourth-order valence-corrected chi connectivity index (χ4v) is 3.63. The summed E-state index contributed by atoms with van der Waals surface area (Å²) >= 11 is 1.93. The Bertz CT molecular complexity index is 669. The summed E-state index contributed by atoms with van der Waals surface area (Å²) in [4.78, 5) is 14.9. The first-order valence-corrected chi connectivity index (χ1v) is 7.68. The van der Waals surface area contributed by atoms with Crippen molar-refractivity contribution in [1.82, 2.24) is 4.98 Å². The fourth-order valence-electron chi connectivity index (χ4n) is 2.48. The number of anilines is 1. The number of pyridine rings is 1. The van der Waals surface area contributed by atoms with Gasteiger partial charge in [-0.1, -0.05) is 0 Å². The minimum absolute atomic E-state index is 0.110. The second-order valence-electron chi connectivity index (χ2n) is 4.97. The topological polar surface area (TPSA) is 68.1 Å². The van der Waals surface area contributed by atoms with Gasteiger partial charge in [-0.15, -0.1) is 0 Å². The molecule has 1 atom stereocenters. The number of thioether (sulfide) groups is 1. The molecule has 0 aliphatic carbocycles. The molecule has 0 radical (unpaired) electrons. The van der Waals surface area contributed by atoms with E-state index in [4.69, 9.17) is 0 Å². The van der Waals surface area contributed by atoms with Crippen LogP contribution in [-0.4, -0.2) is 27.5 Å². The van der Waals surface area contributed by atoms with E-state index in [0.29, 0.717) is 11.4 Å². The molecule has 1 aliphatic rings. The highest BCUT2D eigenvalue weighted by Crippen LogP contribution is 2.33. The average molecular weight is 289 g/mol. The van der Waals surface area contributed by atoms with Crippen molar-refractivity contribution in [2.24, 2.45) is 0 Å². The van der Waals surface area contributed by atoms with Gasteiger partial charge >= 0.3 is 0 Å². The van der Waals surface area contributed by atoms with Crippen molar-refractivity contribution >= 4 is 33.9 Å². The van der Waals surface area contributed by atoms with Crippen LogP contribution < -0.4 is 5.32 Å². The summed E-state index contributed by atoms with van der Waals surface area (Å²) in [6, 6.07) is 5.72. The monoisotopic (exact) mass is 289 g/mol. The van der Waals surface area contributed by atoms with Crippen LogP contribution in [0.4, 0.5) is 11.4 Å². The molecule has 2 heterocycles. The molecule has 0 spiro atoms. The average Bonchev–Trinajstić information content (AvgIpc) is 2.92. The van der Waals surface area contributed by atoms with E-state index >= 15 is 0 Å². The van der Waals surface area contributed by atoms with Gasteiger partial charge in [-0.25, -0.2) is 0 Å². The molecule has 1 N–H and O–H groups in total. The molecule has 104 valence electrons. The highest BCUT2D eigenvalue weighted by molar-refractivity contribution is 7.99. The van der Waals surface area contributed by atoms with Crippen LogP contribution in [0.3, 0.4) is 0 Å². The van der Waals surface area contributed by atoms with Gasteiger partial charge in [0.15, 0.2) is 0 Å².